The fraction of sp³-hybridized carbons (Fsp3) is 0.136. The van der Waals surface area contributed by atoms with Crippen LogP contribution < -0.4 is 0 Å². The number of hydrogen-bond acceptors (Lipinski definition) is 5. The van der Waals surface area contributed by atoms with Gasteiger partial charge in [0.25, 0.3) is 11.6 Å². The number of sulfonamides is 1. The van der Waals surface area contributed by atoms with Crippen molar-refractivity contribution in [2.75, 3.05) is 13.1 Å². The Kier molecular flexibility index (Phi) is 4.59. The molecule has 1 saturated heterocycles. The summed E-state index contributed by atoms with van der Waals surface area (Å²) in [4.78, 5) is 25.2. The first-order valence-electron chi connectivity index (χ1n) is 9.73. The second-order valence-corrected chi connectivity index (χ2v) is 9.76. The molecule has 2 aliphatic rings. The first-order chi connectivity index (χ1) is 15.3. The molecule has 8 nitrogen and oxygen atoms in total. The molecule has 0 radical (unpaired) electrons. The van der Waals surface area contributed by atoms with E-state index in [1.54, 1.807) is 53.4 Å². The van der Waals surface area contributed by atoms with Gasteiger partial charge in [0.2, 0.25) is 10.0 Å². The Morgan fingerprint density at radius 2 is 1.66 bits per heavy atom. The van der Waals surface area contributed by atoms with Crippen LogP contribution in [0.2, 0.25) is 5.02 Å². The third-order valence-corrected chi connectivity index (χ3v) is 8.13. The molecule has 2 heterocycles. The van der Waals surface area contributed by atoms with E-state index in [9.17, 15) is 23.3 Å². The van der Waals surface area contributed by atoms with E-state index in [-0.39, 0.29) is 28.9 Å². The lowest BCUT2D eigenvalue weighted by Crippen LogP contribution is -2.51. The van der Waals surface area contributed by atoms with Gasteiger partial charge in [-0.25, -0.2) is 8.42 Å². The Morgan fingerprint density at radius 3 is 2.38 bits per heavy atom. The number of halogens is 1. The summed E-state index contributed by atoms with van der Waals surface area (Å²) in [6.07, 6.45) is 0. The molecular weight excluding hydrogens is 454 g/mol. The minimum atomic E-state index is -4.26. The smallest absolute Gasteiger partial charge is 0.289 e. The number of rotatable bonds is 4. The number of nitro groups is 1. The van der Waals surface area contributed by atoms with Crippen LogP contribution in [0.15, 0.2) is 77.7 Å². The number of nitro benzene ring substituents is 1. The predicted molar refractivity (Wildman–Crippen MR) is 117 cm³/mol. The maximum absolute atomic E-state index is 13.9. The number of carbonyl (C=O) groups is 1. The quantitative estimate of drug-likeness (QED) is 0.429. The van der Waals surface area contributed by atoms with E-state index in [2.05, 4.69) is 0 Å². The molecule has 5 rings (SSSR count). The molecule has 0 aromatic heterocycles. The molecule has 0 N–H and O–H groups in total. The summed E-state index contributed by atoms with van der Waals surface area (Å²) in [6.45, 7) is 0.213. The third-order valence-electron chi connectivity index (χ3n) is 5.94. The topological polar surface area (TPSA) is 101 Å². The molecule has 0 saturated carbocycles. The second kappa shape index (κ2) is 7.13. The van der Waals surface area contributed by atoms with Crippen LogP contribution in [0.4, 0.5) is 5.69 Å². The third kappa shape index (κ3) is 2.65. The van der Waals surface area contributed by atoms with Gasteiger partial charge in [-0.1, -0.05) is 60.1 Å². The van der Waals surface area contributed by atoms with Gasteiger partial charge in [0.05, 0.1) is 9.82 Å². The van der Waals surface area contributed by atoms with Crippen LogP contribution in [0, 0.1) is 10.1 Å². The normalized spacial score (nSPS) is 20.3. The van der Waals surface area contributed by atoms with E-state index >= 15 is 0 Å². The van der Waals surface area contributed by atoms with Crippen LogP contribution in [-0.2, 0) is 15.7 Å². The summed E-state index contributed by atoms with van der Waals surface area (Å²) >= 11 is 5.90. The van der Waals surface area contributed by atoms with E-state index in [0.717, 1.165) is 6.07 Å². The number of amides is 1. The molecule has 2 aliphatic heterocycles. The van der Waals surface area contributed by atoms with Crippen LogP contribution in [0.25, 0.3) is 0 Å². The lowest BCUT2D eigenvalue weighted by molar-refractivity contribution is -0.384. The molecular formula is C22H16ClN3O5S. The van der Waals surface area contributed by atoms with Gasteiger partial charge in [0.1, 0.15) is 5.02 Å². The van der Waals surface area contributed by atoms with Gasteiger partial charge in [-0.05, 0) is 23.8 Å². The van der Waals surface area contributed by atoms with Gasteiger partial charge in [-0.2, -0.15) is 4.31 Å². The molecule has 32 heavy (non-hydrogen) atoms. The lowest BCUT2D eigenvalue weighted by Gasteiger charge is -2.39. The fourth-order valence-electron chi connectivity index (χ4n) is 4.64. The molecule has 1 unspecified atom stereocenters. The average molecular weight is 470 g/mol. The second-order valence-electron chi connectivity index (χ2n) is 7.49. The molecule has 1 fully saturated rings. The van der Waals surface area contributed by atoms with Gasteiger partial charge >= 0.3 is 0 Å². The van der Waals surface area contributed by atoms with Crippen LogP contribution in [0.3, 0.4) is 0 Å². The fourth-order valence-corrected chi connectivity index (χ4v) is 6.55. The highest BCUT2D eigenvalue weighted by molar-refractivity contribution is 7.89. The zero-order valence-corrected chi connectivity index (χ0v) is 18.1. The van der Waals surface area contributed by atoms with E-state index in [4.69, 9.17) is 11.6 Å². The summed E-state index contributed by atoms with van der Waals surface area (Å²) in [5.41, 5.74) is -0.287. The molecule has 0 bridgehead atoms. The predicted octanol–water partition coefficient (Wildman–Crippen LogP) is 3.61. The lowest BCUT2D eigenvalue weighted by atomic mass is 9.91. The molecule has 1 atom stereocenters. The standard InChI is InChI=1S/C22H16ClN3O5S/c23-19-11-10-16(14-20(19)26(28)29)32(30,31)25-13-12-24-21(27)17-8-4-5-9-18(17)22(24,25)15-6-2-1-3-7-15/h1-11,14H,12-13H2. The van der Waals surface area contributed by atoms with E-state index in [1.165, 1.54) is 16.4 Å². The Bertz CT molecular complexity index is 1380. The van der Waals surface area contributed by atoms with Gasteiger partial charge in [-0.3, -0.25) is 14.9 Å². The average Bonchev–Trinajstić information content (AvgIpc) is 3.31. The highest BCUT2D eigenvalue weighted by Crippen LogP contribution is 2.51. The monoisotopic (exact) mass is 469 g/mol. The van der Waals surface area contributed by atoms with E-state index < -0.39 is 26.3 Å². The van der Waals surface area contributed by atoms with Crippen molar-refractivity contribution in [2.45, 2.75) is 10.6 Å². The number of carbonyl (C=O) groups excluding carboxylic acids is 1. The van der Waals surface area contributed by atoms with Crippen molar-refractivity contribution >= 4 is 33.2 Å². The van der Waals surface area contributed by atoms with Gasteiger partial charge in [0, 0.05) is 30.3 Å². The summed E-state index contributed by atoms with van der Waals surface area (Å²) < 4.78 is 29.0. The largest absolute Gasteiger partial charge is 0.310 e. The van der Waals surface area contributed by atoms with Crippen molar-refractivity contribution in [3.8, 4) is 0 Å². The van der Waals surface area contributed by atoms with Crippen LogP contribution in [0.5, 0.6) is 0 Å². The minimum absolute atomic E-state index is 0.0354. The number of fused-ring (bicyclic) bond motifs is 3. The maximum atomic E-state index is 13.9. The number of benzene rings is 3. The molecule has 0 spiro atoms. The van der Waals surface area contributed by atoms with Crippen molar-refractivity contribution in [1.29, 1.82) is 0 Å². The molecule has 3 aromatic rings. The van der Waals surface area contributed by atoms with Crippen molar-refractivity contribution < 1.29 is 18.1 Å². The van der Waals surface area contributed by atoms with Crippen molar-refractivity contribution in [2.24, 2.45) is 0 Å². The van der Waals surface area contributed by atoms with Crippen molar-refractivity contribution in [3.05, 3.63) is 105 Å². The molecule has 162 valence electrons. The summed E-state index contributed by atoms with van der Waals surface area (Å²) in [5, 5.41) is 11.2. The summed E-state index contributed by atoms with van der Waals surface area (Å²) in [5.74, 6) is -0.260. The number of nitrogens with zero attached hydrogens (tertiary/aromatic N) is 3. The van der Waals surface area contributed by atoms with Crippen molar-refractivity contribution in [1.82, 2.24) is 9.21 Å². The SMILES string of the molecule is O=C1c2ccccc2C2(c3ccccc3)N1CCN2S(=O)(=O)c1ccc(Cl)c([N+](=O)[O-])c1. The van der Waals surface area contributed by atoms with Crippen LogP contribution in [0.1, 0.15) is 21.5 Å². The molecule has 0 aliphatic carbocycles. The maximum Gasteiger partial charge on any atom is 0.289 e. The van der Waals surface area contributed by atoms with Crippen LogP contribution in [-0.4, -0.2) is 41.5 Å². The molecule has 1 amide bonds. The van der Waals surface area contributed by atoms with Gasteiger partial charge in [-0.15, -0.1) is 0 Å². The van der Waals surface area contributed by atoms with Crippen LogP contribution >= 0.6 is 11.6 Å². The highest BCUT2D eigenvalue weighted by atomic mass is 35.5. The zero-order valence-electron chi connectivity index (χ0n) is 16.5. The van der Waals surface area contributed by atoms with Crippen molar-refractivity contribution in [3.63, 3.8) is 0 Å². The van der Waals surface area contributed by atoms with E-state index in [1.807, 2.05) is 6.07 Å². The Balaban J connectivity index is 1.78. The van der Waals surface area contributed by atoms with Gasteiger partial charge in [0.15, 0.2) is 5.66 Å². The van der Waals surface area contributed by atoms with Gasteiger partial charge < -0.3 is 4.90 Å². The highest BCUT2D eigenvalue weighted by Gasteiger charge is 2.61. The molecule has 10 heteroatoms. The first kappa shape index (κ1) is 20.6. The summed E-state index contributed by atoms with van der Waals surface area (Å²) in [6, 6.07) is 19.3. The van der Waals surface area contributed by atoms with E-state index in [0.29, 0.717) is 16.7 Å². The molecule has 3 aromatic carbocycles. The minimum Gasteiger partial charge on any atom is -0.310 e. The Labute approximate surface area is 188 Å². The Morgan fingerprint density at radius 1 is 0.969 bits per heavy atom. The number of hydrogen-bond donors (Lipinski definition) is 0. The Hall–Kier alpha value is -3.27. The first-order valence-corrected chi connectivity index (χ1v) is 11.5. The summed E-state index contributed by atoms with van der Waals surface area (Å²) in [7, 11) is -4.26. The zero-order chi connectivity index (χ0) is 22.7.